The third-order valence-corrected chi connectivity index (χ3v) is 5.21. The van der Waals surface area contributed by atoms with Crippen molar-refractivity contribution in [1.29, 1.82) is 0 Å². The molecule has 1 aliphatic heterocycles. The van der Waals surface area contributed by atoms with E-state index in [1.54, 1.807) is 18.2 Å². The van der Waals surface area contributed by atoms with Crippen LogP contribution in [0.15, 0.2) is 18.2 Å². The summed E-state index contributed by atoms with van der Waals surface area (Å²) in [5, 5.41) is 19.9. The molecular weight excluding hydrogens is 266 g/mol. The van der Waals surface area contributed by atoms with Gasteiger partial charge in [-0.2, -0.15) is 0 Å². The van der Waals surface area contributed by atoms with Crippen LogP contribution < -0.4 is 0 Å². The highest BCUT2D eigenvalue weighted by Crippen LogP contribution is 2.45. The fraction of sp³-hybridized carbons (Fsp3) is 0.588. The predicted molar refractivity (Wildman–Crippen MR) is 80.3 cm³/mol. The Hall–Kier alpha value is -1.55. The number of phenols is 1. The molecule has 2 fully saturated rings. The van der Waals surface area contributed by atoms with Crippen LogP contribution >= 0.6 is 0 Å². The van der Waals surface area contributed by atoms with E-state index < -0.39 is 0 Å². The number of amides is 1. The van der Waals surface area contributed by atoms with Crippen LogP contribution in [-0.2, 0) is 0 Å². The summed E-state index contributed by atoms with van der Waals surface area (Å²) in [6, 6.07) is 4.92. The topological polar surface area (TPSA) is 60.8 Å². The smallest absolute Gasteiger partial charge is 0.254 e. The lowest BCUT2D eigenvalue weighted by molar-refractivity contribution is -0.00539. The van der Waals surface area contributed by atoms with Gasteiger partial charge in [-0.05, 0) is 50.3 Å². The van der Waals surface area contributed by atoms with Crippen molar-refractivity contribution in [3.05, 3.63) is 29.3 Å². The zero-order valence-corrected chi connectivity index (χ0v) is 12.5. The second-order valence-electron chi connectivity index (χ2n) is 6.60. The number of rotatable bonds is 1. The molecule has 2 atom stereocenters. The minimum absolute atomic E-state index is 0.0263. The SMILES string of the molecule is Cc1ccc(O)cc1C(=O)N1CCC[C@]2(CCC[C@H]2O)C1. The maximum atomic E-state index is 12.8. The monoisotopic (exact) mass is 289 g/mol. The molecule has 4 heteroatoms. The number of likely N-dealkylation sites (tertiary alicyclic amines) is 1. The van der Waals surface area contributed by atoms with Crippen LogP contribution in [0.4, 0.5) is 0 Å². The van der Waals surface area contributed by atoms with Crippen LogP contribution in [0.25, 0.3) is 0 Å². The second-order valence-corrected chi connectivity index (χ2v) is 6.60. The van der Waals surface area contributed by atoms with E-state index in [1.165, 1.54) is 0 Å². The number of piperidine rings is 1. The summed E-state index contributed by atoms with van der Waals surface area (Å²) >= 11 is 0. The summed E-state index contributed by atoms with van der Waals surface area (Å²) in [5.74, 6) is 0.0955. The number of phenolic OH excluding ortho intramolecular Hbond substituents is 1. The van der Waals surface area contributed by atoms with Gasteiger partial charge in [-0.25, -0.2) is 0 Å². The predicted octanol–water partition coefficient (Wildman–Crippen LogP) is 2.47. The van der Waals surface area contributed by atoms with Gasteiger partial charge in [0.2, 0.25) is 0 Å². The maximum Gasteiger partial charge on any atom is 0.254 e. The molecule has 0 unspecified atom stereocenters. The van der Waals surface area contributed by atoms with E-state index in [0.717, 1.165) is 44.2 Å². The van der Waals surface area contributed by atoms with Gasteiger partial charge < -0.3 is 15.1 Å². The van der Waals surface area contributed by atoms with Crippen LogP contribution in [0, 0.1) is 12.3 Å². The summed E-state index contributed by atoms with van der Waals surface area (Å²) in [5.41, 5.74) is 1.35. The van der Waals surface area contributed by atoms with Crippen LogP contribution in [0.2, 0.25) is 0 Å². The van der Waals surface area contributed by atoms with Crippen molar-refractivity contribution >= 4 is 5.91 Å². The summed E-state index contributed by atoms with van der Waals surface area (Å²) in [6.07, 6.45) is 4.59. The number of carbonyl (C=O) groups excluding carboxylic acids is 1. The first-order valence-corrected chi connectivity index (χ1v) is 7.79. The Labute approximate surface area is 125 Å². The van der Waals surface area contributed by atoms with Gasteiger partial charge in [0.15, 0.2) is 0 Å². The second kappa shape index (κ2) is 5.34. The Morgan fingerprint density at radius 2 is 2.10 bits per heavy atom. The fourth-order valence-corrected chi connectivity index (χ4v) is 3.94. The molecule has 1 aromatic carbocycles. The van der Waals surface area contributed by atoms with Gasteiger partial charge in [0, 0.05) is 24.1 Å². The van der Waals surface area contributed by atoms with Crippen LogP contribution in [-0.4, -0.2) is 40.2 Å². The quantitative estimate of drug-likeness (QED) is 0.835. The molecular formula is C17H23NO3. The minimum atomic E-state index is -0.279. The molecule has 21 heavy (non-hydrogen) atoms. The Morgan fingerprint density at radius 1 is 1.33 bits per heavy atom. The van der Waals surface area contributed by atoms with Gasteiger partial charge in [0.05, 0.1) is 6.10 Å². The number of aliphatic hydroxyl groups is 1. The molecule has 1 heterocycles. The number of benzene rings is 1. The van der Waals surface area contributed by atoms with E-state index in [1.807, 2.05) is 11.8 Å². The van der Waals surface area contributed by atoms with E-state index in [9.17, 15) is 15.0 Å². The molecule has 1 saturated heterocycles. The number of hydrogen-bond donors (Lipinski definition) is 2. The molecule has 1 saturated carbocycles. The molecule has 0 radical (unpaired) electrons. The van der Waals surface area contributed by atoms with E-state index in [2.05, 4.69) is 0 Å². The van der Waals surface area contributed by atoms with Crippen molar-refractivity contribution in [3.63, 3.8) is 0 Å². The number of nitrogens with zero attached hydrogens (tertiary/aromatic N) is 1. The average molecular weight is 289 g/mol. The summed E-state index contributed by atoms with van der Waals surface area (Å²) < 4.78 is 0. The summed E-state index contributed by atoms with van der Waals surface area (Å²) in [7, 11) is 0. The normalized spacial score (nSPS) is 29.0. The van der Waals surface area contributed by atoms with Crippen molar-refractivity contribution in [3.8, 4) is 5.75 Å². The molecule has 0 aromatic heterocycles. The van der Waals surface area contributed by atoms with Gasteiger partial charge in [0.1, 0.15) is 5.75 Å². The average Bonchev–Trinajstić information content (AvgIpc) is 2.81. The van der Waals surface area contributed by atoms with Gasteiger partial charge >= 0.3 is 0 Å². The first kappa shape index (κ1) is 14.4. The maximum absolute atomic E-state index is 12.8. The van der Waals surface area contributed by atoms with Crippen LogP contribution in [0.3, 0.4) is 0 Å². The lowest BCUT2D eigenvalue weighted by Gasteiger charge is -2.42. The lowest BCUT2D eigenvalue weighted by atomic mass is 9.76. The van der Waals surface area contributed by atoms with Gasteiger partial charge in [-0.3, -0.25) is 4.79 Å². The molecule has 1 amide bonds. The molecule has 2 aliphatic rings. The number of aryl methyl sites for hydroxylation is 1. The van der Waals surface area contributed by atoms with Crippen molar-refractivity contribution < 1.29 is 15.0 Å². The highest BCUT2D eigenvalue weighted by Gasteiger charge is 2.45. The zero-order chi connectivity index (χ0) is 15.0. The van der Waals surface area contributed by atoms with E-state index >= 15 is 0 Å². The fourth-order valence-electron chi connectivity index (χ4n) is 3.94. The minimum Gasteiger partial charge on any atom is -0.508 e. The Balaban J connectivity index is 1.83. The lowest BCUT2D eigenvalue weighted by Crippen LogP contribution is -2.49. The van der Waals surface area contributed by atoms with Crippen molar-refractivity contribution in [1.82, 2.24) is 4.90 Å². The Bertz CT molecular complexity index is 557. The molecule has 2 N–H and O–H groups in total. The highest BCUT2D eigenvalue weighted by atomic mass is 16.3. The van der Waals surface area contributed by atoms with Crippen molar-refractivity contribution in [2.24, 2.45) is 5.41 Å². The third kappa shape index (κ3) is 2.53. The molecule has 1 aromatic rings. The number of carbonyl (C=O) groups is 1. The highest BCUT2D eigenvalue weighted by molar-refractivity contribution is 5.96. The van der Waals surface area contributed by atoms with Crippen LogP contribution in [0.5, 0.6) is 5.75 Å². The van der Waals surface area contributed by atoms with E-state index in [-0.39, 0.29) is 23.2 Å². The number of aromatic hydroxyl groups is 1. The molecule has 3 rings (SSSR count). The molecule has 1 spiro atoms. The number of hydrogen-bond acceptors (Lipinski definition) is 3. The van der Waals surface area contributed by atoms with Crippen LogP contribution in [0.1, 0.15) is 48.0 Å². The zero-order valence-electron chi connectivity index (χ0n) is 12.5. The Kier molecular flexibility index (Phi) is 3.66. The molecule has 4 nitrogen and oxygen atoms in total. The first-order chi connectivity index (χ1) is 10.0. The van der Waals surface area contributed by atoms with Crippen molar-refractivity contribution in [2.45, 2.75) is 45.1 Å². The van der Waals surface area contributed by atoms with Gasteiger partial charge in [-0.1, -0.05) is 12.5 Å². The Morgan fingerprint density at radius 3 is 2.81 bits per heavy atom. The van der Waals surface area contributed by atoms with Gasteiger partial charge in [-0.15, -0.1) is 0 Å². The molecule has 1 aliphatic carbocycles. The largest absolute Gasteiger partial charge is 0.508 e. The standard InChI is InChI=1S/C17H23NO3/c1-12-5-6-13(19)10-14(12)16(21)18-9-3-8-17(11-18)7-2-4-15(17)20/h5-6,10,15,19-20H,2-4,7-9,11H2,1H3/t15-,17-/m1/s1. The van der Waals surface area contributed by atoms with E-state index in [4.69, 9.17) is 0 Å². The van der Waals surface area contributed by atoms with Crippen molar-refractivity contribution in [2.75, 3.05) is 13.1 Å². The third-order valence-electron chi connectivity index (χ3n) is 5.21. The van der Waals surface area contributed by atoms with Gasteiger partial charge in [0.25, 0.3) is 5.91 Å². The first-order valence-electron chi connectivity index (χ1n) is 7.79. The van der Waals surface area contributed by atoms with E-state index in [0.29, 0.717) is 12.1 Å². The molecule has 114 valence electrons. The molecule has 0 bridgehead atoms. The summed E-state index contributed by atoms with van der Waals surface area (Å²) in [4.78, 5) is 14.6. The number of aliphatic hydroxyl groups excluding tert-OH is 1. The summed E-state index contributed by atoms with van der Waals surface area (Å²) in [6.45, 7) is 3.27.